The van der Waals surface area contributed by atoms with E-state index in [1.165, 1.54) is 0 Å². The summed E-state index contributed by atoms with van der Waals surface area (Å²) in [6.45, 7) is 6.15. The van der Waals surface area contributed by atoms with Crippen molar-refractivity contribution in [3.05, 3.63) is 71.8 Å². The van der Waals surface area contributed by atoms with E-state index < -0.39 is 11.7 Å². The summed E-state index contributed by atoms with van der Waals surface area (Å²) in [6.07, 6.45) is -0.654. The molecule has 1 heterocycles. The number of ether oxygens (including phenoxy) is 1. The summed E-state index contributed by atoms with van der Waals surface area (Å²) < 4.78 is 6.33. The highest BCUT2D eigenvalue weighted by atomic mass is 16.6. The molecule has 2 atom stereocenters. The van der Waals surface area contributed by atoms with Crippen LogP contribution in [0.4, 0.5) is 0 Å². The number of aliphatic hydroxyl groups is 1. The first-order chi connectivity index (χ1) is 10.00. The molecule has 21 heavy (non-hydrogen) atoms. The van der Waals surface area contributed by atoms with Gasteiger partial charge in [-0.25, -0.2) is 0 Å². The highest BCUT2D eigenvalue weighted by Crippen LogP contribution is 2.60. The van der Waals surface area contributed by atoms with Crippen LogP contribution < -0.4 is 0 Å². The maximum Gasteiger partial charge on any atom is 0.126 e. The predicted octanol–water partition coefficient (Wildman–Crippen LogP) is 3.74. The highest BCUT2D eigenvalue weighted by molar-refractivity contribution is 5.42. The molecule has 1 unspecified atom stereocenters. The lowest BCUT2D eigenvalue weighted by molar-refractivity contribution is -0.317. The van der Waals surface area contributed by atoms with Crippen LogP contribution in [-0.4, -0.2) is 17.3 Å². The van der Waals surface area contributed by atoms with Gasteiger partial charge in [-0.3, -0.25) is 0 Å². The molecule has 0 amide bonds. The minimum atomic E-state index is -0.503. The molecule has 0 saturated carbocycles. The Kier molecular flexibility index (Phi) is 3.39. The fourth-order valence-electron chi connectivity index (χ4n) is 3.73. The van der Waals surface area contributed by atoms with Crippen LogP contribution in [-0.2, 0) is 10.3 Å². The van der Waals surface area contributed by atoms with Crippen LogP contribution in [0.2, 0.25) is 0 Å². The van der Waals surface area contributed by atoms with E-state index in [9.17, 15) is 5.11 Å². The van der Waals surface area contributed by atoms with Gasteiger partial charge in [-0.05, 0) is 18.1 Å². The van der Waals surface area contributed by atoms with Gasteiger partial charge in [-0.15, -0.1) is 0 Å². The number of aliphatic hydroxyl groups excluding tert-OH is 1. The zero-order chi connectivity index (χ0) is 15.1. The van der Waals surface area contributed by atoms with Crippen molar-refractivity contribution in [2.24, 2.45) is 5.41 Å². The van der Waals surface area contributed by atoms with Crippen molar-refractivity contribution in [1.29, 1.82) is 0 Å². The standard InChI is InChI=1S/C19H22O2/c1-14(20)17-18(2,3)19(21-17,15-10-6-4-7-11-15)16-12-8-5-9-13-16/h4-14,17,20H,1-3H3/t14?,17-/m1/s1. The fourth-order valence-corrected chi connectivity index (χ4v) is 3.73. The molecule has 0 aromatic heterocycles. The second-order valence-corrected chi connectivity index (χ2v) is 6.41. The smallest absolute Gasteiger partial charge is 0.126 e. The first-order valence-electron chi connectivity index (χ1n) is 7.47. The highest BCUT2D eigenvalue weighted by Gasteiger charge is 2.64. The molecule has 1 saturated heterocycles. The molecule has 0 spiro atoms. The van der Waals surface area contributed by atoms with Crippen LogP contribution in [0.1, 0.15) is 31.9 Å². The molecule has 2 aromatic rings. The molecule has 2 nitrogen and oxygen atoms in total. The summed E-state index contributed by atoms with van der Waals surface area (Å²) in [5.41, 5.74) is 1.58. The molecular formula is C19H22O2. The van der Waals surface area contributed by atoms with Crippen LogP contribution in [0.25, 0.3) is 0 Å². The lowest BCUT2D eigenvalue weighted by Gasteiger charge is -2.62. The van der Waals surface area contributed by atoms with Crippen LogP contribution in [0.15, 0.2) is 60.7 Å². The maximum atomic E-state index is 10.0. The van der Waals surface area contributed by atoms with Gasteiger partial charge in [0.15, 0.2) is 0 Å². The van der Waals surface area contributed by atoms with E-state index in [2.05, 4.69) is 38.1 Å². The van der Waals surface area contributed by atoms with Crippen molar-refractivity contribution < 1.29 is 9.84 Å². The van der Waals surface area contributed by atoms with Gasteiger partial charge in [0.25, 0.3) is 0 Å². The molecule has 1 aliphatic heterocycles. The van der Waals surface area contributed by atoms with Crippen molar-refractivity contribution in [3.63, 3.8) is 0 Å². The summed E-state index contributed by atoms with van der Waals surface area (Å²) in [6, 6.07) is 20.6. The van der Waals surface area contributed by atoms with Crippen molar-refractivity contribution in [2.45, 2.75) is 38.6 Å². The molecule has 2 aromatic carbocycles. The molecule has 0 aliphatic carbocycles. The molecule has 2 heteroatoms. The van der Waals surface area contributed by atoms with E-state index in [1.807, 2.05) is 36.4 Å². The fraction of sp³-hybridized carbons (Fsp3) is 0.368. The van der Waals surface area contributed by atoms with Crippen LogP contribution in [0.5, 0.6) is 0 Å². The SMILES string of the molecule is CC(O)[C@H]1OC(c2ccccc2)(c2ccccc2)C1(C)C. The molecular weight excluding hydrogens is 260 g/mol. The summed E-state index contributed by atoms with van der Waals surface area (Å²) in [5, 5.41) is 10.0. The average molecular weight is 282 g/mol. The minimum Gasteiger partial charge on any atom is -0.391 e. The number of hydrogen-bond donors (Lipinski definition) is 1. The number of benzene rings is 2. The lowest BCUT2D eigenvalue weighted by Crippen LogP contribution is -2.67. The average Bonchev–Trinajstić information content (AvgIpc) is 2.48. The van der Waals surface area contributed by atoms with E-state index in [-0.39, 0.29) is 11.5 Å². The van der Waals surface area contributed by atoms with Crippen LogP contribution in [0, 0.1) is 5.41 Å². The van der Waals surface area contributed by atoms with Gasteiger partial charge in [0.1, 0.15) is 5.60 Å². The van der Waals surface area contributed by atoms with Crippen LogP contribution in [0.3, 0.4) is 0 Å². The summed E-state index contributed by atoms with van der Waals surface area (Å²) in [4.78, 5) is 0. The molecule has 1 N–H and O–H groups in total. The third-order valence-electron chi connectivity index (χ3n) is 4.72. The Morgan fingerprint density at radius 1 is 0.905 bits per heavy atom. The van der Waals surface area contributed by atoms with Gasteiger partial charge in [0.2, 0.25) is 0 Å². The molecule has 110 valence electrons. The van der Waals surface area contributed by atoms with Gasteiger partial charge < -0.3 is 9.84 Å². The molecule has 0 radical (unpaired) electrons. The minimum absolute atomic E-state index is 0.169. The van der Waals surface area contributed by atoms with Gasteiger partial charge in [0.05, 0.1) is 12.2 Å². The van der Waals surface area contributed by atoms with Crippen molar-refractivity contribution in [1.82, 2.24) is 0 Å². The third-order valence-corrected chi connectivity index (χ3v) is 4.72. The predicted molar refractivity (Wildman–Crippen MR) is 84.0 cm³/mol. The van der Waals surface area contributed by atoms with Crippen molar-refractivity contribution >= 4 is 0 Å². The monoisotopic (exact) mass is 282 g/mol. The summed E-state index contributed by atoms with van der Waals surface area (Å²) in [5.74, 6) is 0. The van der Waals surface area contributed by atoms with Gasteiger partial charge in [-0.1, -0.05) is 74.5 Å². The number of rotatable bonds is 3. The Bertz CT molecular complexity index is 562. The molecule has 1 aliphatic rings. The Hall–Kier alpha value is -1.64. The second kappa shape index (κ2) is 4.97. The van der Waals surface area contributed by atoms with E-state index in [0.717, 1.165) is 11.1 Å². The summed E-state index contributed by atoms with van der Waals surface area (Å²) >= 11 is 0. The lowest BCUT2D eigenvalue weighted by atomic mass is 9.58. The van der Waals surface area contributed by atoms with Gasteiger partial charge >= 0.3 is 0 Å². The Balaban J connectivity index is 2.16. The molecule has 1 fully saturated rings. The second-order valence-electron chi connectivity index (χ2n) is 6.41. The van der Waals surface area contributed by atoms with Crippen molar-refractivity contribution in [2.75, 3.05) is 0 Å². The topological polar surface area (TPSA) is 29.5 Å². The maximum absolute atomic E-state index is 10.0. The first-order valence-corrected chi connectivity index (χ1v) is 7.47. The van der Waals surface area contributed by atoms with E-state index in [4.69, 9.17) is 4.74 Å². The first kappa shape index (κ1) is 14.3. The van der Waals surface area contributed by atoms with E-state index >= 15 is 0 Å². The van der Waals surface area contributed by atoms with E-state index in [0.29, 0.717) is 0 Å². The van der Waals surface area contributed by atoms with Crippen LogP contribution >= 0.6 is 0 Å². The Morgan fingerprint density at radius 2 is 1.33 bits per heavy atom. The number of hydrogen-bond acceptors (Lipinski definition) is 2. The quantitative estimate of drug-likeness (QED) is 0.929. The van der Waals surface area contributed by atoms with Gasteiger partial charge in [-0.2, -0.15) is 0 Å². The normalized spacial score (nSPS) is 24.1. The largest absolute Gasteiger partial charge is 0.391 e. The van der Waals surface area contributed by atoms with E-state index in [1.54, 1.807) is 6.92 Å². The van der Waals surface area contributed by atoms with Crippen molar-refractivity contribution in [3.8, 4) is 0 Å². The third kappa shape index (κ3) is 1.94. The zero-order valence-electron chi connectivity index (χ0n) is 12.8. The molecule has 0 bridgehead atoms. The Morgan fingerprint density at radius 3 is 1.67 bits per heavy atom. The molecule has 3 rings (SSSR count). The Labute approximate surface area is 126 Å². The zero-order valence-corrected chi connectivity index (χ0v) is 12.8. The summed E-state index contributed by atoms with van der Waals surface area (Å²) in [7, 11) is 0. The van der Waals surface area contributed by atoms with Gasteiger partial charge in [0, 0.05) is 5.41 Å².